The lowest BCUT2D eigenvalue weighted by atomic mass is 10.0. The molecular weight excluding hydrogens is 320 g/mol. The zero-order valence-electron chi connectivity index (χ0n) is 16.8. The highest BCUT2D eigenvalue weighted by Crippen LogP contribution is 2.23. The summed E-state index contributed by atoms with van der Waals surface area (Å²) in [5.74, 6) is 0.584. The predicted molar refractivity (Wildman–Crippen MR) is 99.3 cm³/mol. The first kappa shape index (κ1) is 22.9. The van der Waals surface area contributed by atoms with Gasteiger partial charge in [0.1, 0.15) is 11.9 Å². The highest BCUT2D eigenvalue weighted by molar-refractivity contribution is 5.86. The Morgan fingerprint density at radius 1 is 1.32 bits per heavy atom. The number of hydrogen-bond donors (Lipinski definition) is 2. The summed E-state index contributed by atoms with van der Waals surface area (Å²) in [4.78, 5) is 33.8. The summed E-state index contributed by atoms with van der Waals surface area (Å²) < 4.78 is 4.63. The van der Waals surface area contributed by atoms with E-state index in [1.807, 2.05) is 48.5 Å². The fraction of sp³-hybridized carbons (Fsp3) is 0.722. The molecule has 0 aliphatic rings. The number of aryl methyl sites for hydroxylation is 1. The maximum atomic E-state index is 13.0. The number of carbonyl (C=O) groups is 2. The van der Waals surface area contributed by atoms with Crippen molar-refractivity contribution in [2.45, 2.75) is 67.0 Å². The number of hydrogen-bond acceptors (Lipinski definition) is 4. The van der Waals surface area contributed by atoms with Crippen molar-refractivity contribution in [1.82, 2.24) is 20.2 Å². The van der Waals surface area contributed by atoms with Gasteiger partial charge in [0.25, 0.3) is 0 Å². The first-order valence-corrected chi connectivity index (χ1v) is 9.02. The molecule has 1 rings (SSSR count). The average molecular weight is 354 g/mol. The summed E-state index contributed by atoms with van der Waals surface area (Å²) in [6.07, 6.45) is 1.88. The summed E-state index contributed by atoms with van der Waals surface area (Å²) in [7, 11) is 1.29. The monoisotopic (exact) mass is 354 g/mol. The van der Waals surface area contributed by atoms with Crippen molar-refractivity contribution in [1.29, 1.82) is 0 Å². The lowest BCUT2D eigenvalue weighted by molar-refractivity contribution is -0.137. The van der Waals surface area contributed by atoms with Crippen LogP contribution in [0, 0.1) is 12.8 Å². The number of aromatic amines is 1. The molecule has 0 bridgehead atoms. The molecule has 144 valence electrons. The number of aromatic nitrogens is 2. The number of alkyl carbamates (subject to hydrolysis) is 1. The second-order valence-electron chi connectivity index (χ2n) is 5.86. The predicted octanol–water partition coefficient (Wildman–Crippen LogP) is 3.42. The molecule has 25 heavy (non-hydrogen) atoms. The van der Waals surface area contributed by atoms with Crippen molar-refractivity contribution >= 4 is 12.0 Å². The van der Waals surface area contributed by atoms with Crippen molar-refractivity contribution in [3.05, 3.63) is 17.7 Å². The highest BCUT2D eigenvalue weighted by atomic mass is 16.5. The van der Waals surface area contributed by atoms with Crippen molar-refractivity contribution < 1.29 is 14.3 Å². The van der Waals surface area contributed by atoms with Gasteiger partial charge in [-0.05, 0) is 26.2 Å². The summed E-state index contributed by atoms with van der Waals surface area (Å²) in [6.45, 7) is 14.2. The molecule has 1 aromatic rings. The topological polar surface area (TPSA) is 87.3 Å². The van der Waals surface area contributed by atoms with Crippen LogP contribution in [0.15, 0.2) is 6.20 Å². The molecule has 0 radical (unpaired) electrons. The Balaban J connectivity index is 0.00000277. The van der Waals surface area contributed by atoms with E-state index in [0.717, 1.165) is 17.9 Å². The van der Waals surface area contributed by atoms with Gasteiger partial charge in [0, 0.05) is 18.4 Å². The Hall–Kier alpha value is -2.05. The summed E-state index contributed by atoms with van der Waals surface area (Å²) >= 11 is 0. The lowest BCUT2D eigenvalue weighted by Crippen LogP contribution is -2.52. The van der Waals surface area contributed by atoms with E-state index in [1.165, 1.54) is 7.11 Å². The third kappa shape index (κ3) is 6.40. The smallest absolute Gasteiger partial charge is 0.407 e. The van der Waals surface area contributed by atoms with E-state index in [4.69, 9.17) is 0 Å². The summed E-state index contributed by atoms with van der Waals surface area (Å²) in [5, 5.41) is 2.63. The van der Waals surface area contributed by atoms with Crippen LogP contribution in [-0.2, 0) is 9.53 Å². The van der Waals surface area contributed by atoms with Crippen LogP contribution in [0.3, 0.4) is 0 Å². The molecule has 0 aliphatic carbocycles. The van der Waals surface area contributed by atoms with Crippen LogP contribution in [0.25, 0.3) is 0 Å². The van der Waals surface area contributed by atoms with Gasteiger partial charge < -0.3 is 19.9 Å². The molecule has 0 saturated carbocycles. The highest BCUT2D eigenvalue weighted by Gasteiger charge is 2.33. The van der Waals surface area contributed by atoms with Crippen molar-refractivity contribution in [2.75, 3.05) is 13.7 Å². The van der Waals surface area contributed by atoms with Gasteiger partial charge in [0.15, 0.2) is 0 Å². The largest absolute Gasteiger partial charge is 0.453 e. The number of nitrogens with zero attached hydrogens (tertiary/aromatic N) is 2. The SMILES string of the molecule is CC.CC[C@@H](c1ncc(C)[nH]1)N(CC)C(=O)[C@@H](NC(=O)OC)C(C)C. The van der Waals surface area contributed by atoms with E-state index >= 15 is 0 Å². The maximum Gasteiger partial charge on any atom is 0.407 e. The van der Waals surface area contributed by atoms with Gasteiger partial charge in [-0.1, -0.05) is 34.6 Å². The number of amides is 2. The second-order valence-corrected chi connectivity index (χ2v) is 5.86. The second kappa shape index (κ2) is 11.5. The van der Waals surface area contributed by atoms with Crippen LogP contribution >= 0.6 is 0 Å². The molecule has 0 fully saturated rings. The zero-order valence-corrected chi connectivity index (χ0v) is 16.8. The number of likely N-dealkylation sites (N-methyl/N-ethyl adjacent to an activating group) is 1. The third-order valence-corrected chi connectivity index (χ3v) is 3.82. The lowest BCUT2D eigenvalue weighted by Gasteiger charge is -2.33. The Morgan fingerprint density at radius 3 is 2.28 bits per heavy atom. The van der Waals surface area contributed by atoms with Crippen LogP contribution in [0.4, 0.5) is 4.79 Å². The fourth-order valence-corrected chi connectivity index (χ4v) is 2.57. The minimum atomic E-state index is -0.632. The molecule has 2 atom stereocenters. The van der Waals surface area contributed by atoms with Gasteiger partial charge in [-0.2, -0.15) is 0 Å². The van der Waals surface area contributed by atoms with E-state index in [2.05, 4.69) is 20.0 Å². The molecular formula is C18H34N4O3. The molecule has 0 saturated heterocycles. The molecule has 7 nitrogen and oxygen atoms in total. The van der Waals surface area contributed by atoms with E-state index in [1.54, 1.807) is 11.1 Å². The molecule has 2 amide bonds. The van der Waals surface area contributed by atoms with E-state index in [-0.39, 0.29) is 17.9 Å². The van der Waals surface area contributed by atoms with Crippen LogP contribution in [0.5, 0.6) is 0 Å². The molecule has 0 aromatic carbocycles. The Morgan fingerprint density at radius 2 is 1.92 bits per heavy atom. The molecule has 0 aliphatic heterocycles. The minimum Gasteiger partial charge on any atom is -0.453 e. The molecule has 7 heteroatoms. The Bertz CT molecular complexity index is 528. The molecule has 2 N–H and O–H groups in total. The fourth-order valence-electron chi connectivity index (χ4n) is 2.57. The zero-order chi connectivity index (χ0) is 19.6. The first-order chi connectivity index (χ1) is 11.8. The summed E-state index contributed by atoms with van der Waals surface area (Å²) in [6, 6.07) is -0.783. The van der Waals surface area contributed by atoms with E-state index in [9.17, 15) is 9.59 Å². The number of imidazole rings is 1. The Labute approximate surface area is 151 Å². The molecule has 1 aromatic heterocycles. The molecule has 0 unspecified atom stereocenters. The van der Waals surface area contributed by atoms with Gasteiger partial charge in [-0.3, -0.25) is 4.79 Å². The van der Waals surface area contributed by atoms with Gasteiger partial charge >= 0.3 is 6.09 Å². The number of nitrogens with one attached hydrogen (secondary N) is 2. The Kier molecular flexibility index (Phi) is 10.6. The minimum absolute atomic E-state index is 0.0495. The van der Waals surface area contributed by atoms with Crippen LogP contribution in [0.1, 0.15) is 65.5 Å². The van der Waals surface area contributed by atoms with Gasteiger partial charge in [0.2, 0.25) is 5.91 Å². The first-order valence-electron chi connectivity index (χ1n) is 9.02. The van der Waals surface area contributed by atoms with Crippen LogP contribution in [-0.4, -0.2) is 46.6 Å². The van der Waals surface area contributed by atoms with Gasteiger partial charge in [-0.15, -0.1) is 0 Å². The van der Waals surface area contributed by atoms with Crippen molar-refractivity contribution in [3.8, 4) is 0 Å². The van der Waals surface area contributed by atoms with Crippen LogP contribution < -0.4 is 5.32 Å². The quantitative estimate of drug-likeness (QED) is 0.785. The normalized spacial score (nSPS) is 12.7. The standard InChI is InChI=1S/C16H28N4O3.C2H6/c1-7-12(14-17-9-11(5)18-14)20(8-2)15(21)13(10(3)4)19-16(22)23-6;1-2/h9-10,12-13H,7-8H2,1-6H3,(H,17,18)(H,19,22);1-2H3/t12-,13-;/m0./s1. The van der Waals surface area contributed by atoms with Gasteiger partial charge in [-0.25, -0.2) is 9.78 Å². The number of H-pyrrole nitrogens is 1. The number of ether oxygens (including phenoxy) is 1. The number of carbonyl (C=O) groups excluding carboxylic acids is 2. The van der Waals surface area contributed by atoms with Gasteiger partial charge in [0.05, 0.1) is 13.2 Å². The molecule has 0 spiro atoms. The van der Waals surface area contributed by atoms with E-state index in [0.29, 0.717) is 6.54 Å². The molecule has 1 heterocycles. The number of methoxy groups -OCH3 is 1. The summed E-state index contributed by atoms with van der Waals surface area (Å²) in [5.41, 5.74) is 0.954. The number of rotatable bonds is 7. The third-order valence-electron chi connectivity index (χ3n) is 3.82. The van der Waals surface area contributed by atoms with E-state index < -0.39 is 12.1 Å². The van der Waals surface area contributed by atoms with Crippen molar-refractivity contribution in [3.63, 3.8) is 0 Å². The van der Waals surface area contributed by atoms with Crippen molar-refractivity contribution in [2.24, 2.45) is 5.92 Å². The average Bonchev–Trinajstić information content (AvgIpc) is 3.03. The van der Waals surface area contributed by atoms with Crippen LogP contribution in [0.2, 0.25) is 0 Å². The maximum absolute atomic E-state index is 13.0.